The quantitative estimate of drug-likeness (QED) is 0.807. The van der Waals surface area contributed by atoms with Gasteiger partial charge in [0.1, 0.15) is 0 Å². The Morgan fingerprint density at radius 2 is 1.67 bits per heavy atom. The summed E-state index contributed by atoms with van der Waals surface area (Å²) < 4.78 is 22.1. The molecular weight excluding hydrogens is 236 g/mol. The maximum absolute atomic E-state index is 11.3. The van der Waals surface area contributed by atoms with Crippen LogP contribution in [0, 0.1) is 0 Å². The van der Waals surface area contributed by atoms with Crippen molar-refractivity contribution in [2.24, 2.45) is 5.14 Å². The first-order chi connectivity index (χ1) is 6.54. The van der Waals surface area contributed by atoms with Crippen molar-refractivity contribution in [3.63, 3.8) is 0 Å². The number of rotatable bonds is 3. The molecule has 90 valence electrons. The Bertz CT molecular complexity index is 308. The molecule has 0 spiro atoms. The molecule has 0 aromatic rings. The summed E-state index contributed by atoms with van der Waals surface area (Å²) in [6.45, 7) is 2.74. The van der Waals surface area contributed by atoms with E-state index in [-0.39, 0.29) is 12.4 Å². The van der Waals surface area contributed by atoms with E-state index >= 15 is 0 Å². The second-order valence-electron chi connectivity index (χ2n) is 4.56. The number of halogens is 1. The molecule has 2 aliphatic rings. The van der Waals surface area contributed by atoms with Gasteiger partial charge in [0.15, 0.2) is 0 Å². The fourth-order valence-electron chi connectivity index (χ4n) is 2.20. The van der Waals surface area contributed by atoms with E-state index in [9.17, 15) is 8.42 Å². The predicted octanol–water partition coefficient (Wildman–Crippen LogP) is 0.715. The van der Waals surface area contributed by atoms with Crippen LogP contribution in [0.3, 0.4) is 0 Å². The van der Waals surface area contributed by atoms with E-state index in [0.29, 0.717) is 6.54 Å². The summed E-state index contributed by atoms with van der Waals surface area (Å²) in [5.74, 6) is 0. The number of nitrogens with zero attached hydrogens (tertiary/aromatic N) is 1. The standard InChI is InChI=1S/C9H18N2O2S.ClH/c10-14(12,13)9(4-5-9)8-11-6-2-1-3-7-11;/h1-8H2,(H2,10,12,13);1H. The van der Waals surface area contributed by atoms with Crippen molar-refractivity contribution in [1.82, 2.24) is 4.90 Å². The second kappa shape index (κ2) is 4.57. The zero-order valence-corrected chi connectivity index (χ0v) is 10.4. The minimum absolute atomic E-state index is 0. The lowest BCUT2D eigenvalue weighted by Gasteiger charge is -2.29. The number of nitrogens with two attached hydrogens (primary N) is 1. The van der Waals surface area contributed by atoms with Crippen LogP contribution in [0.15, 0.2) is 0 Å². The molecule has 1 saturated carbocycles. The molecule has 1 saturated heterocycles. The summed E-state index contributed by atoms with van der Waals surface area (Å²) in [5.41, 5.74) is 0. The predicted molar refractivity (Wildman–Crippen MR) is 62.6 cm³/mol. The van der Waals surface area contributed by atoms with Gasteiger partial charge in [-0.05, 0) is 38.8 Å². The van der Waals surface area contributed by atoms with E-state index < -0.39 is 14.8 Å². The zero-order chi connectivity index (χ0) is 10.2. The van der Waals surface area contributed by atoms with Gasteiger partial charge in [0.05, 0.1) is 4.75 Å². The van der Waals surface area contributed by atoms with Gasteiger partial charge in [0, 0.05) is 6.54 Å². The average Bonchev–Trinajstić information content (AvgIpc) is 2.86. The first kappa shape index (κ1) is 13.2. The van der Waals surface area contributed by atoms with Crippen LogP contribution in [-0.4, -0.2) is 37.7 Å². The lowest BCUT2D eigenvalue weighted by molar-refractivity contribution is 0.224. The van der Waals surface area contributed by atoms with Gasteiger partial charge < -0.3 is 4.90 Å². The van der Waals surface area contributed by atoms with E-state index in [1.54, 1.807) is 0 Å². The van der Waals surface area contributed by atoms with Crippen molar-refractivity contribution in [3.05, 3.63) is 0 Å². The lowest BCUT2D eigenvalue weighted by atomic mass is 10.1. The summed E-state index contributed by atoms with van der Waals surface area (Å²) in [6, 6.07) is 0. The van der Waals surface area contributed by atoms with Gasteiger partial charge in [-0.2, -0.15) is 0 Å². The Hall–Kier alpha value is 0.160. The van der Waals surface area contributed by atoms with Crippen molar-refractivity contribution >= 4 is 22.4 Å². The molecule has 1 heterocycles. The van der Waals surface area contributed by atoms with E-state index in [4.69, 9.17) is 5.14 Å². The SMILES string of the molecule is Cl.NS(=O)(=O)C1(CN2CCCCC2)CC1. The molecular formula is C9H19ClN2O2S. The van der Waals surface area contributed by atoms with Crippen LogP contribution >= 0.6 is 12.4 Å². The maximum atomic E-state index is 11.3. The van der Waals surface area contributed by atoms with Crippen LogP contribution in [0.2, 0.25) is 0 Å². The number of primary sulfonamides is 1. The Morgan fingerprint density at radius 3 is 2.07 bits per heavy atom. The van der Waals surface area contributed by atoms with Gasteiger partial charge in [-0.3, -0.25) is 0 Å². The summed E-state index contributed by atoms with van der Waals surface area (Å²) in [7, 11) is -3.33. The summed E-state index contributed by atoms with van der Waals surface area (Å²) in [5, 5.41) is 5.24. The highest BCUT2D eigenvalue weighted by molar-refractivity contribution is 7.90. The first-order valence-corrected chi connectivity index (χ1v) is 6.83. The fraction of sp³-hybridized carbons (Fsp3) is 1.00. The highest BCUT2D eigenvalue weighted by Gasteiger charge is 2.53. The van der Waals surface area contributed by atoms with Gasteiger partial charge in [-0.15, -0.1) is 12.4 Å². The molecule has 0 aromatic carbocycles. The zero-order valence-electron chi connectivity index (χ0n) is 8.81. The molecule has 0 aromatic heterocycles. The minimum Gasteiger partial charge on any atom is -0.302 e. The van der Waals surface area contributed by atoms with Crippen LogP contribution in [-0.2, 0) is 10.0 Å². The number of sulfonamides is 1. The Balaban J connectivity index is 0.00000112. The normalized spacial score (nSPS) is 25.7. The van der Waals surface area contributed by atoms with Crippen molar-refractivity contribution in [1.29, 1.82) is 0 Å². The molecule has 2 fully saturated rings. The highest BCUT2D eigenvalue weighted by atomic mass is 35.5. The molecule has 0 unspecified atom stereocenters. The number of hydrogen-bond donors (Lipinski definition) is 1. The molecule has 15 heavy (non-hydrogen) atoms. The summed E-state index contributed by atoms with van der Waals surface area (Å²) in [4.78, 5) is 2.25. The largest absolute Gasteiger partial charge is 0.302 e. The van der Waals surface area contributed by atoms with Crippen molar-refractivity contribution in [3.8, 4) is 0 Å². The summed E-state index contributed by atoms with van der Waals surface area (Å²) in [6.07, 6.45) is 5.17. The Labute approximate surface area is 97.7 Å². The van der Waals surface area contributed by atoms with Gasteiger partial charge in [-0.1, -0.05) is 6.42 Å². The van der Waals surface area contributed by atoms with Crippen LogP contribution in [0.25, 0.3) is 0 Å². The molecule has 0 bridgehead atoms. The second-order valence-corrected chi connectivity index (χ2v) is 6.52. The van der Waals surface area contributed by atoms with Crippen LogP contribution in [0.4, 0.5) is 0 Å². The Kier molecular flexibility index (Phi) is 4.03. The molecule has 2 N–H and O–H groups in total. The van der Waals surface area contributed by atoms with E-state index in [1.165, 1.54) is 19.3 Å². The average molecular weight is 255 g/mol. The van der Waals surface area contributed by atoms with Crippen molar-refractivity contribution in [2.75, 3.05) is 19.6 Å². The van der Waals surface area contributed by atoms with Gasteiger partial charge in [-0.25, -0.2) is 13.6 Å². The monoisotopic (exact) mass is 254 g/mol. The molecule has 4 nitrogen and oxygen atoms in total. The molecule has 2 rings (SSSR count). The van der Waals surface area contributed by atoms with E-state index in [0.717, 1.165) is 25.9 Å². The first-order valence-electron chi connectivity index (χ1n) is 5.28. The number of hydrogen-bond acceptors (Lipinski definition) is 3. The van der Waals surface area contributed by atoms with Crippen molar-refractivity contribution in [2.45, 2.75) is 36.9 Å². The van der Waals surface area contributed by atoms with Crippen LogP contribution < -0.4 is 5.14 Å². The molecule has 1 aliphatic carbocycles. The van der Waals surface area contributed by atoms with Crippen molar-refractivity contribution < 1.29 is 8.42 Å². The van der Waals surface area contributed by atoms with Gasteiger partial charge in [0.2, 0.25) is 10.0 Å². The third kappa shape index (κ3) is 2.84. The highest BCUT2D eigenvalue weighted by Crippen LogP contribution is 2.42. The molecule has 0 radical (unpaired) electrons. The molecule has 0 atom stereocenters. The number of piperidine rings is 1. The molecule has 1 aliphatic heterocycles. The van der Waals surface area contributed by atoms with Crippen LogP contribution in [0.5, 0.6) is 0 Å². The Morgan fingerprint density at radius 1 is 1.13 bits per heavy atom. The van der Waals surface area contributed by atoms with Crippen LogP contribution in [0.1, 0.15) is 32.1 Å². The topological polar surface area (TPSA) is 63.4 Å². The third-order valence-electron chi connectivity index (χ3n) is 3.37. The van der Waals surface area contributed by atoms with E-state index in [1.807, 2.05) is 0 Å². The summed E-state index contributed by atoms with van der Waals surface area (Å²) >= 11 is 0. The molecule has 6 heteroatoms. The molecule has 0 amide bonds. The van der Waals surface area contributed by atoms with Gasteiger partial charge in [0.25, 0.3) is 0 Å². The minimum atomic E-state index is -3.33. The maximum Gasteiger partial charge on any atom is 0.216 e. The third-order valence-corrected chi connectivity index (χ3v) is 5.12. The fourth-order valence-corrected chi connectivity index (χ4v) is 3.23. The van der Waals surface area contributed by atoms with E-state index in [2.05, 4.69) is 4.90 Å². The van der Waals surface area contributed by atoms with Gasteiger partial charge >= 0.3 is 0 Å². The smallest absolute Gasteiger partial charge is 0.216 e. The number of likely N-dealkylation sites (tertiary alicyclic amines) is 1. The lowest BCUT2D eigenvalue weighted by Crippen LogP contribution is -2.43.